The van der Waals surface area contributed by atoms with Crippen molar-refractivity contribution in [2.24, 2.45) is 0 Å². The Kier molecular flexibility index (Phi) is 12.2. The van der Waals surface area contributed by atoms with Crippen molar-refractivity contribution < 1.29 is 33.5 Å². The number of ether oxygens (including phenoxy) is 2. The third-order valence-electron chi connectivity index (χ3n) is 2.84. The molecule has 1 saturated heterocycles. The monoisotopic (exact) mass is 555 g/mol. The Morgan fingerprint density at radius 1 is 1.11 bits per heavy atom. The highest BCUT2D eigenvalue weighted by Gasteiger charge is 2.33. The van der Waals surface area contributed by atoms with E-state index in [4.69, 9.17) is 21.3 Å². The summed E-state index contributed by atoms with van der Waals surface area (Å²) in [7, 11) is 4.56. The van der Waals surface area contributed by atoms with Crippen LogP contribution in [0.1, 0.15) is 12.8 Å². The number of amides is 3. The van der Waals surface area contributed by atoms with E-state index in [0.717, 1.165) is 0 Å². The Morgan fingerprint density at radius 3 is 2.22 bits per heavy atom. The van der Waals surface area contributed by atoms with Gasteiger partial charge in [0.1, 0.15) is 13.2 Å². The predicted octanol–water partition coefficient (Wildman–Crippen LogP) is 2.46. The quantitative estimate of drug-likeness (QED) is 0.0943. The lowest BCUT2D eigenvalue weighted by atomic mass is 10.4. The fraction of sp³-hybridized carbons (Fsp3) is 0.692. The van der Waals surface area contributed by atoms with Crippen molar-refractivity contribution >= 4 is 80.3 Å². The number of nitrogens with zero attached hydrogens (tertiary/aromatic N) is 3. The first kappa shape index (κ1) is 24.4. The molecule has 154 valence electrons. The van der Waals surface area contributed by atoms with Crippen molar-refractivity contribution in [1.29, 1.82) is 0 Å². The molecule has 3 amide bonds. The minimum atomic E-state index is -1.09. The molecule has 0 N–H and O–H groups in total. The summed E-state index contributed by atoms with van der Waals surface area (Å²) in [4.78, 5) is 50.1. The van der Waals surface area contributed by atoms with Crippen LogP contribution in [0, 0.1) is 0 Å². The second-order valence-electron chi connectivity index (χ2n) is 4.94. The van der Waals surface area contributed by atoms with Gasteiger partial charge in [0, 0.05) is 44.5 Å². The number of carbonyl (C=O) groups is 4. The van der Waals surface area contributed by atoms with E-state index >= 15 is 0 Å². The number of likely N-dealkylation sites (N-methyl/N-ethyl adjacent to an activating group) is 1. The molecule has 0 aliphatic carbocycles. The minimum Gasteiger partial charge on any atom is -0.448 e. The van der Waals surface area contributed by atoms with E-state index in [-0.39, 0.29) is 26.1 Å². The molecular formula is C13H19ClIN3O7S2. The topological polar surface area (TPSA) is 106 Å². The van der Waals surface area contributed by atoms with E-state index in [9.17, 15) is 19.2 Å². The molecule has 1 aliphatic rings. The van der Waals surface area contributed by atoms with Crippen LogP contribution in [0.4, 0.5) is 9.59 Å². The van der Waals surface area contributed by atoms with Gasteiger partial charge < -0.3 is 9.47 Å². The Morgan fingerprint density at radius 2 is 1.67 bits per heavy atom. The normalized spacial score (nSPS) is 13.9. The lowest BCUT2D eigenvalue weighted by molar-refractivity contribution is -0.176. The van der Waals surface area contributed by atoms with E-state index in [2.05, 4.69) is 4.84 Å². The Hall–Kier alpha value is -0.640. The van der Waals surface area contributed by atoms with E-state index in [1.807, 2.05) is 22.9 Å². The molecule has 0 radical (unpaired) electrons. The smallest absolute Gasteiger partial charge is 0.448 e. The molecule has 0 atom stereocenters. The fourth-order valence-electron chi connectivity index (χ4n) is 1.59. The number of halogens is 2. The molecule has 27 heavy (non-hydrogen) atoms. The van der Waals surface area contributed by atoms with Gasteiger partial charge >= 0.3 is 12.2 Å². The van der Waals surface area contributed by atoms with Crippen molar-refractivity contribution in [1.82, 2.24) is 12.6 Å². The number of rotatable bonds is 11. The highest BCUT2D eigenvalue weighted by molar-refractivity contribution is 14.1. The Labute approximate surface area is 183 Å². The zero-order valence-corrected chi connectivity index (χ0v) is 19.0. The molecular weight excluding hydrogens is 537 g/mol. The molecule has 0 bridgehead atoms. The van der Waals surface area contributed by atoms with Crippen molar-refractivity contribution in [2.75, 3.05) is 44.9 Å². The largest absolute Gasteiger partial charge is 0.533 e. The van der Waals surface area contributed by atoms with E-state index in [1.165, 1.54) is 29.1 Å². The molecule has 1 aliphatic heterocycles. The maximum Gasteiger partial charge on any atom is 0.533 e. The van der Waals surface area contributed by atoms with Gasteiger partial charge in [0.15, 0.2) is 0 Å². The van der Waals surface area contributed by atoms with Gasteiger partial charge in [-0.1, -0.05) is 26.7 Å². The zero-order valence-electron chi connectivity index (χ0n) is 14.4. The molecule has 0 unspecified atom stereocenters. The van der Waals surface area contributed by atoms with Crippen LogP contribution in [0.5, 0.6) is 0 Å². The van der Waals surface area contributed by atoms with Crippen LogP contribution in [0.15, 0.2) is 0 Å². The van der Waals surface area contributed by atoms with Crippen LogP contribution in [-0.4, -0.2) is 81.5 Å². The SMILES string of the molecule is CN(Cl)CCN(I)C(=O)OCCSSCCOC(=O)ON1C(=O)CCC1=O. The maximum absolute atomic E-state index is 11.6. The summed E-state index contributed by atoms with van der Waals surface area (Å²) in [6.07, 6.45) is -1.47. The van der Waals surface area contributed by atoms with E-state index in [0.29, 0.717) is 29.7 Å². The minimum absolute atomic E-state index is 0.0300. The van der Waals surface area contributed by atoms with Crippen LogP contribution in [-0.2, 0) is 23.9 Å². The molecule has 0 spiro atoms. The van der Waals surface area contributed by atoms with Crippen LogP contribution in [0.2, 0.25) is 0 Å². The van der Waals surface area contributed by atoms with Gasteiger partial charge in [-0.25, -0.2) is 17.1 Å². The summed E-state index contributed by atoms with van der Waals surface area (Å²) in [6, 6.07) is 0. The van der Waals surface area contributed by atoms with Gasteiger partial charge in [0.25, 0.3) is 11.8 Å². The second kappa shape index (κ2) is 13.5. The highest BCUT2D eigenvalue weighted by atomic mass is 127. The average Bonchev–Trinajstić information content (AvgIpc) is 2.93. The molecule has 0 aromatic heterocycles. The third-order valence-corrected chi connectivity index (χ3v) is 6.21. The molecule has 0 aromatic rings. The molecule has 10 nitrogen and oxygen atoms in total. The predicted molar refractivity (Wildman–Crippen MR) is 109 cm³/mol. The van der Waals surface area contributed by atoms with Gasteiger partial charge in [0.2, 0.25) is 0 Å². The number of carbonyl (C=O) groups excluding carboxylic acids is 4. The summed E-state index contributed by atoms with van der Waals surface area (Å²) >= 11 is 7.52. The summed E-state index contributed by atoms with van der Waals surface area (Å²) in [5.74, 6) is -0.0829. The average molecular weight is 556 g/mol. The van der Waals surface area contributed by atoms with Gasteiger partial charge in [-0.2, -0.15) is 0 Å². The summed E-state index contributed by atoms with van der Waals surface area (Å²) in [5.41, 5.74) is 0. The summed E-state index contributed by atoms with van der Waals surface area (Å²) in [6.45, 7) is 1.27. The van der Waals surface area contributed by atoms with Crippen LogP contribution < -0.4 is 0 Å². The van der Waals surface area contributed by atoms with Gasteiger partial charge in [-0.15, -0.1) is 0 Å². The Bertz CT molecular complexity index is 528. The van der Waals surface area contributed by atoms with Crippen LogP contribution in [0.3, 0.4) is 0 Å². The molecule has 14 heteroatoms. The fourth-order valence-corrected chi connectivity index (χ4v) is 3.67. The first-order valence-electron chi connectivity index (χ1n) is 7.73. The van der Waals surface area contributed by atoms with Gasteiger partial charge in [-0.3, -0.25) is 14.4 Å². The maximum atomic E-state index is 11.6. The first-order chi connectivity index (χ1) is 12.8. The zero-order chi connectivity index (χ0) is 20.2. The molecule has 1 fully saturated rings. The van der Waals surface area contributed by atoms with Gasteiger partial charge in [0.05, 0.1) is 22.9 Å². The van der Waals surface area contributed by atoms with Crippen LogP contribution >= 0.6 is 56.2 Å². The van der Waals surface area contributed by atoms with Crippen LogP contribution in [0.25, 0.3) is 0 Å². The third kappa shape index (κ3) is 10.5. The standard InChI is InChI=1S/C13H19ClIN3O7S2/c1-16(14)4-5-17(15)12(21)23-6-8-26-27-9-7-24-13(22)25-18-10(19)2-3-11(18)20/h2-9H2,1H3. The van der Waals surface area contributed by atoms with Crippen molar-refractivity contribution in [2.45, 2.75) is 12.8 Å². The van der Waals surface area contributed by atoms with Crippen molar-refractivity contribution in [3.05, 3.63) is 0 Å². The number of hydrogen-bond acceptors (Lipinski definition) is 10. The van der Waals surface area contributed by atoms with E-state index < -0.39 is 24.1 Å². The highest BCUT2D eigenvalue weighted by Crippen LogP contribution is 2.20. The summed E-state index contributed by atoms with van der Waals surface area (Å²) < 4.78 is 12.7. The first-order valence-corrected chi connectivity index (χ1v) is 11.5. The van der Waals surface area contributed by atoms with E-state index in [1.54, 1.807) is 7.05 Å². The molecule has 0 saturated carbocycles. The Balaban J connectivity index is 1.98. The van der Waals surface area contributed by atoms with Crippen molar-refractivity contribution in [3.8, 4) is 0 Å². The number of hydroxylamine groups is 2. The molecule has 1 heterocycles. The van der Waals surface area contributed by atoms with Gasteiger partial charge in [-0.05, 0) is 11.8 Å². The number of imide groups is 1. The molecule has 1 rings (SSSR count). The molecule has 0 aromatic carbocycles. The van der Waals surface area contributed by atoms with Crippen molar-refractivity contribution in [3.63, 3.8) is 0 Å². The number of hydrogen-bond donors (Lipinski definition) is 0. The second-order valence-corrected chi connectivity index (χ2v) is 9.39. The lowest BCUT2D eigenvalue weighted by Gasteiger charge is -2.16. The lowest BCUT2D eigenvalue weighted by Crippen LogP contribution is -2.32. The summed E-state index contributed by atoms with van der Waals surface area (Å²) in [5, 5.41) is 0.431.